The SMILES string of the molecule is C[C@H](Oc1ccc(-n2cnc(-c3ccccc3)c2)cc1)C(N)=O. The molecule has 1 heterocycles. The van der Waals surface area contributed by atoms with E-state index in [0.717, 1.165) is 16.9 Å². The van der Waals surface area contributed by atoms with Gasteiger partial charge in [-0.1, -0.05) is 30.3 Å². The van der Waals surface area contributed by atoms with Gasteiger partial charge in [-0.3, -0.25) is 4.79 Å². The molecule has 0 fully saturated rings. The lowest BCUT2D eigenvalue weighted by Crippen LogP contribution is -2.30. The van der Waals surface area contributed by atoms with Crippen LogP contribution in [0.5, 0.6) is 5.75 Å². The lowest BCUT2D eigenvalue weighted by atomic mass is 10.2. The van der Waals surface area contributed by atoms with Gasteiger partial charge in [0.2, 0.25) is 0 Å². The van der Waals surface area contributed by atoms with Crippen molar-refractivity contribution in [3.05, 3.63) is 67.1 Å². The number of carbonyl (C=O) groups is 1. The maximum Gasteiger partial charge on any atom is 0.258 e. The van der Waals surface area contributed by atoms with E-state index in [1.807, 2.05) is 53.2 Å². The number of hydrogen-bond acceptors (Lipinski definition) is 3. The molecule has 2 aromatic carbocycles. The van der Waals surface area contributed by atoms with Crippen LogP contribution in [0.15, 0.2) is 67.1 Å². The third-order valence-electron chi connectivity index (χ3n) is 3.50. The maximum absolute atomic E-state index is 11.0. The Morgan fingerprint density at radius 3 is 2.48 bits per heavy atom. The molecule has 23 heavy (non-hydrogen) atoms. The largest absolute Gasteiger partial charge is 0.481 e. The number of ether oxygens (including phenoxy) is 1. The summed E-state index contributed by atoms with van der Waals surface area (Å²) in [5, 5.41) is 0. The van der Waals surface area contributed by atoms with Crippen LogP contribution in [-0.4, -0.2) is 21.6 Å². The highest BCUT2D eigenvalue weighted by Gasteiger charge is 2.10. The number of aromatic nitrogens is 2. The first kappa shape index (κ1) is 14.8. The van der Waals surface area contributed by atoms with E-state index < -0.39 is 12.0 Å². The summed E-state index contributed by atoms with van der Waals surface area (Å²) in [6.07, 6.45) is 3.08. The van der Waals surface area contributed by atoms with Gasteiger partial charge < -0.3 is 15.0 Å². The summed E-state index contributed by atoms with van der Waals surface area (Å²) in [4.78, 5) is 15.4. The van der Waals surface area contributed by atoms with E-state index in [-0.39, 0.29) is 0 Å². The van der Waals surface area contributed by atoms with Gasteiger partial charge in [0.15, 0.2) is 6.10 Å². The van der Waals surface area contributed by atoms with Crippen molar-refractivity contribution in [2.75, 3.05) is 0 Å². The molecule has 116 valence electrons. The van der Waals surface area contributed by atoms with Crippen LogP contribution in [0.3, 0.4) is 0 Å². The molecule has 0 aliphatic carbocycles. The number of rotatable bonds is 5. The second-order valence-electron chi connectivity index (χ2n) is 5.19. The van der Waals surface area contributed by atoms with E-state index in [1.54, 1.807) is 25.4 Å². The second kappa shape index (κ2) is 6.36. The number of hydrogen-bond donors (Lipinski definition) is 1. The summed E-state index contributed by atoms with van der Waals surface area (Å²) in [7, 11) is 0. The van der Waals surface area contributed by atoms with Gasteiger partial charge in [-0.15, -0.1) is 0 Å². The van der Waals surface area contributed by atoms with Crippen LogP contribution in [0.1, 0.15) is 6.92 Å². The first-order valence-corrected chi connectivity index (χ1v) is 7.29. The van der Waals surface area contributed by atoms with E-state index >= 15 is 0 Å². The average Bonchev–Trinajstić information content (AvgIpc) is 3.06. The van der Waals surface area contributed by atoms with Crippen LogP contribution in [0.2, 0.25) is 0 Å². The van der Waals surface area contributed by atoms with Gasteiger partial charge in [0.05, 0.1) is 12.0 Å². The zero-order valence-electron chi connectivity index (χ0n) is 12.7. The van der Waals surface area contributed by atoms with Gasteiger partial charge >= 0.3 is 0 Å². The molecule has 0 aliphatic heterocycles. The Labute approximate surface area is 134 Å². The highest BCUT2D eigenvalue weighted by molar-refractivity contribution is 5.78. The van der Waals surface area contributed by atoms with Gasteiger partial charge in [0.1, 0.15) is 5.75 Å². The standard InChI is InChI=1S/C18H17N3O2/c1-13(18(19)22)23-16-9-7-15(8-10-16)21-11-17(20-12-21)14-5-3-2-4-6-14/h2-13H,1H3,(H2,19,22)/t13-/m0/s1. The molecule has 1 aromatic heterocycles. The van der Waals surface area contributed by atoms with E-state index in [2.05, 4.69) is 4.98 Å². The highest BCUT2D eigenvalue weighted by Crippen LogP contribution is 2.20. The van der Waals surface area contributed by atoms with Crippen LogP contribution < -0.4 is 10.5 Å². The Kier molecular flexibility index (Phi) is 4.10. The number of benzene rings is 2. The predicted octanol–water partition coefficient (Wildman–Crippen LogP) is 2.79. The molecule has 0 saturated heterocycles. The predicted molar refractivity (Wildman–Crippen MR) is 88.3 cm³/mol. The molecule has 5 heteroatoms. The van der Waals surface area contributed by atoms with Crippen LogP contribution in [0, 0.1) is 0 Å². The summed E-state index contributed by atoms with van der Waals surface area (Å²) in [6.45, 7) is 1.62. The van der Waals surface area contributed by atoms with Gasteiger partial charge in [-0.25, -0.2) is 4.98 Å². The number of imidazole rings is 1. The Bertz CT molecular complexity index is 795. The molecule has 0 aliphatic rings. The molecule has 3 rings (SSSR count). The molecule has 1 amide bonds. The fourth-order valence-electron chi connectivity index (χ4n) is 2.18. The smallest absolute Gasteiger partial charge is 0.258 e. The molecule has 1 atom stereocenters. The average molecular weight is 307 g/mol. The summed E-state index contributed by atoms with van der Waals surface area (Å²) in [5.74, 6) is 0.111. The molecule has 0 radical (unpaired) electrons. The number of primary amides is 1. The van der Waals surface area contributed by atoms with E-state index in [9.17, 15) is 4.79 Å². The van der Waals surface area contributed by atoms with Crippen molar-refractivity contribution in [3.8, 4) is 22.7 Å². The topological polar surface area (TPSA) is 70.1 Å². The first-order valence-electron chi connectivity index (χ1n) is 7.29. The quantitative estimate of drug-likeness (QED) is 0.788. The Morgan fingerprint density at radius 1 is 1.13 bits per heavy atom. The molecular weight excluding hydrogens is 290 g/mol. The Morgan fingerprint density at radius 2 is 1.83 bits per heavy atom. The van der Waals surface area contributed by atoms with Crippen LogP contribution in [0.25, 0.3) is 16.9 Å². The molecule has 0 unspecified atom stereocenters. The van der Waals surface area contributed by atoms with Crippen LogP contribution >= 0.6 is 0 Å². The lowest BCUT2D eigenvalue weighted by Gasteiger charge is -2.11. The summed E-state index contributed by atoms with van der Waals surface area (Å²) in [5.41, 5.74) is 8.12. The number of nitrogens with two attached hydrogens (primary N) is 1. The maximum atomic E-state index is 11.0. The van der Waals surface area contributed by atoms with Crippen LogP contribution in [0.4, 0.5) is 0 Å². The van der Waals surface area contributed by atoms with Crippen LogP contribution in [-0.2, 0) is 4.79 Å². The normalized spacial score (nSPS) is 11.9. The molecule has 2 N–H and O–H groups in total. The second-order valence-corrected chi connectivity index (χ2v) is 5.19. The third kappa shape index (κ3) is 3.40. The van der Waals surface area contributed by atoms with Crippen molar-refractivity contribution in [2.45, 2.75) is 13.0 Å². The minimum atomic E-state index is -0.654. The molecular formula is C18H17N3O2. The van der Waals surface area contributed by atoms with Gasteiger partial charge in [0.25, 0.3) is 5.91 Å². The molecule has 0 saturated carbocycles. The van der Waals surface area contributed by atoms with E-state index in [0.29, 0.717) is 5.75 Å². The van der Waals surface area contributed by atoms with Gasteiger partial charge in [-0.05, 0) is 31.2 Å². The first-order chi connectivity index (χ1) is 11.1. The van der Waals surface area contributed by atoms with E-state index in [1.165, 1.54) is 0 Å². The van der Waals surface area contributed by atoms with E-state index in [4.69, 9.17) is 10.5 Å². The summed E-state index contributed by atoms with van der Waals surface area (Å²) < 4.78 is 7.38. The van der Waals surface area contributed by atoms with Gasteiger partial charge in [-0.2, -0.15) is 0 Å². The monoisotopic (exact) mass is 307 g/mol. The fourth-order valence-corrected chi connectivity index (χ4v) is 2.18. The third-order valence-corrected chi connectivity index (χ3v) is 3.50. The Hall–Kier alpha value is -3.08. The van der Waals surface area contributed by atoms with Crippen molar-refractivity contribution in [1.29, 1.82) is 0 Å². The zero-order chi connectivity index (χ0) is 16.2. The lowest BCUT2D eigenvalue weighted by molar-refractivity contribution is -0.123. The van der Waals surface area contributed by atoms with Gasteiger partial charge in [0, 0.05) is 17.4 Å². The minimum absolute atomic E-state index is 0.490. The molecule has 3 aromatic rings. The summed E-state index contributed by atoms with van der Waals surface area (Å²) in [6, 6.07) is 17.4. The highest BCUT2D eigenvalue weighted by atomic mass is 16.5. The number of nitrogens with zero attached hydrogens (tertiary/aromatic N) is 2. The van der Waals surface area contributed by atoms with Crippen molar-refractivity contribution < 1.29 is 9.53 Å². The van der Waals surface area contributed by atoms with Crippen molar-refractivity contribution in [3.63, 3.8) is 0 Å². The number of carbonyl (C=O) groups excluding carboxylic acids is 1. The number of amides is 1. The minimum Gasteiger partial charge on any atom is -0.481 e. The Balaban J connectivity index is 1.78. The molecule has 0 spiro atoms. The fraction of sp³-hybridized carbons (Fsp3) is 0.111. The molecule has 5 nitrogen and oxygen atoms in total. The van der Waals surface area contributed by atoms with Crippen molar-refractivity contribution in [1.82, 2.24) is 9.55 Å². The zero-order valence-corrected chi connectivity index (χ0v) is 12.7. The van der Waals surface area contributed by atoms with Crippen molar-refractivity contribution in [2.24, 2.45) is 5.73 Å². The molecule has 0 bridgehead atoms. The summed E-state index contributed by atoms with van der Waals surface area (Å²) >= 11 is 0. The van der Waals surface area contributed by atoms with Crippen molar-refractivity contribution >= 4 is 5.91 Å².